The number of anilines is 1. The first kappa shape index (κ1) is 13.1. The Kier molecular flexibility index (Phi) is 3.69. The average molecular weight is 273 g/mol. The normalized spacial score (nSPS) is 22.1. The van der Waals surface area contributed by atoms with Crippen molar-refractivity contribution < 1.29 is 9.59 Å². The van der Waals surface area contributed by atoms with E-state index in [4.69, 9.17) is 0 Å². The van der Waals surface area contributed by atoms with Crippen LogP contribution in [0.3, 0.4) is 0 Å². The third-order valence-electron chi connectivity index (χ3n) is 3.92. The van der Waals surface area contributed by atoms with Gasteiger partial charge in [0.05, 0.1) is 12.5 Å². The maximum absolute atomic E-state index is 12.5. The number of hydrogen-bond donors (Lipinski definition) is 2. The zero-order valence-corrected chi connectivity index (χ0v) is 11.4. The number of hydrogen-bond acceptors (Lipinski definition) is 3. The lowest BCUT2D eigenvalue weighted by molar-refractivity contribution is -0.128. The van der Waals surface area contributed by atoms with E-state index in [1.807, 2.05) is 23.1 Å². The summed E-state index contributed by atoms with van der Waals surface area (Å²) in [5.41, 5.74) is 2.22. The Balaban J connectivity index is 1.73. The zero-order valence-electron chi connectivity index (χ0n) is 11.4. The van der Waals surface area contributed by atoms with Crippen molar-refractivity contribution in [2.75, 3.05) is 24.5 Å². The fourth-order valence-corrected chi connectivity index (χ4v) is 2.89. The second kappa shape index (κ2) is 5.63. The monoisotopic (exact) mass is 273 g/mol. The fourth-order valence-electron chi connectivity index (χ4n) is 2.89. The van der Waals surface area contributed by atoms with Gasteiger partial charge < -0.3 is 15.5 Å². The van der Waals surface area contributed by atoms with Crippen molar-refractivity contribution in [2.45, 2.75) is 25.3 Å². The van der Waals surface area contributed by atoms with Crippen LogP contribution in [-0.4, -0.2) is 37.5 Å². The molecule has 20 heavy (non-hydrogen) atoms. The minimum Gasteiger partial charge on any atom is -0.353 e. The summed E-state index contributed by atoms with van der Waals surface area (Å²) in [5, 5.41) is 5.89. The predicted molar refractivity (Wildman–Crippen MR) is 76.5 cm³/mol. The molecule has 0 bridgehead atoms. The van der Waals surface area contributed by atoms with Gasteiger partial charge in [-0.1, -0.05) is 18.2 Å². The van der Waals surface area contributed by atoms with Crippen molar-refractivity contribution in [1.29, 1.82) is 0 Å². The molecule has 1 fully saturated rings. The quantitative estimate of drug-likeness (QED) is 0.822. The molecule has 3 rings (SSSR count). The molecule has 1 aromatic rings. The molecule has 1 saturated heterocycles. The summed E-state index contributed by atoms with van der Waals surface area (Å²) in [6.07, 6.45) is 2.22. The number of piperazine rings is 1. The third-order valence-corrected chi connectivity index (χ3v) is 3.92. The molecule has 106 valence electrons. The highest BCUT2D eigenvalue weighted by atomic mass is 16.2. The van der Waals surface area contributed by atoms with Gasteiger partial charge in [-0.05, 0) is 24.5 Å². The van der Waals surface area contributed by atoms with E-state index >= 15 is 0 Å². The molecule has 2 heterocycles. The molecule has 2 aliphatic rings. The highest BCUT2D eigenvalue weighted by molar-refractivity contribution is 5.98. The Labute approximate surface area is 118 Å². The zero-order chi connectivity index (χ0) is 13.9. The van der Waals surface area contributed by atoms with Crippen molar-refractivity contribution in [2.24, 2.45) is 0 Å². The maximum Gasteiger partial charge on any atom is 0.237 e. The topological polar surface area (TPSA) is 61.4 Å². The number of carbonyl (C=O) groups is 2. The molecule has 0 spiro atoms. The van der Waals surface area contributed by atoms with Crippen LogP contribution in [0.1, 0.15) is 18.4 Å². The van der Waals surface area contributed by atoms with Gasteiger partial charge in [0.15, 0.2) is 0 Å². The van der Waals surface area contributed by atoms with Crippen LogP contribution in [0.4, 0.5) is 5.69 Å². The molecule has 1 atom stereocenters. The van der Waals surface area contributed by atoms with Gasteiger partial charge in [0, 0.05) is 25.3 Å². The molecule has 2 aliphatic heterocycles. The second-order valence-corrected chi connectivity index (χ2v) is 5.28. The highest BCUT2D eigenvalue weighted by Crippen LogP contribution is 2.27. The minimum atomic E-state index is -0.398. The molecule has 0 aromatic heterocycles. The Morgan fingerprint density at radius 2 is 2.15 bits per heavy atom. The maximum atomic E-state index is 12.5. The number of para-hydroxylation sites is 1. The molecule has 2 amide bonds. The Hall–Kier alpha value is -1.88. The number of amides is 2. The first-order chi connectivity index (χ1) is 9.75. The lowest BCUT2D eigenvalue weighted by Crippen LogP contribution is -2.54. The standard InChI is InChI=1S/C15H19N3O2/c19-14(10-12-15(20)17-8-7-16-12)18-9-3-5-11-4-1-2-6-13(11)18/h1-2,4,6,12,16H,3,5,7-10H2,(H,17,20). The molecule has 1 unspecified atom stereocenters. The second-order valence-electron chi connectivity index (χ2n) is 5.28. The molecule has 5 heteroatoms. The molecule has 0 radical (unpaired) electrons. The number of benzene rings is 1. The molecule has 0 saturated carbocycles. The van der Waals surface area contributed by atoms with Gasteiger partial charge in [0.2, 0.25) is 11.8 Å². The van der Waals surface area contributed by atoms with E-state index in [-0.39, 0.29) is 18.2 Å². The van der Waals surface area contributed by atoms with Crippen LogP contribution in [0.25, 0.3) is 0 Å². The van der Waals surface area contributed by atoms with Gasteiger partial charge in [-0.15, -0.1) is 0 Å². The van der Waals surface area contributed by atoms with Crippen molar-refractivity contribution in [3.63, 3.8) is 0 Å². The lowest BCUT2D eigenvalue weighted by atomic mass is 10.0. The van der Waals surface area contributed by atoms with Crippen LogP contribution >= 0.6 is 0 Å². The van der Waals surface area contributed by atoms with Crippen molar-refractivity contribution in [3.8, 4) is 0 Å². The summed E-state index contributed by atoms with van der Waals surface area (Å²) in [6, 6.07) is 7.62. The molecular formula is C15H19N3O2. The molecule has 2 N–H and O–H groups in total. The molecular weight excluding hydrogens is 254 g/mol. The fraction of sp³-hybridized carbons (Fsp3) is 0.467. The first-order valence-corrected chi connectivity index (χ1v) is 7.15. The summed E-state index contributed by atoms with van der Waals surface area (Å²) in [7, 11) is 0. The number of aryl methyl sites for hydroxylation is 1. The van der Waals surface area contributed by atoms with E-state index in [0.717, 1.165) is 31.6 Å². The number of nitrogens with zero attached hydrogens (tertiary/aromatic N) is 1. The van der Waals surface area contributed by atoms with Crippen LogP contribution in [0.2, 0.25) is 0 Å². The van der Waals surface area contributed by atoms with Gasteiger partial charge >= 0.3 is 0 Å². The van der Waals surface area contributed by atoms with Crippen molar-refractivity contribution >= 4 is 17.5 Å². The van der Waals surface area contributed by atoms with E-state index in [1.165, 1.54) is 5.56 Å². The van der Waals surface area contributed by atoms with Gasteiger partial charge in [-0.3, -0.25) is 9.59 Å². The van der Waals surface area contributed by atoms with Crippen molar-refractivity contribution in [1.82, 2.24) is 10.6 Å². The Bertz CT molecular complexity index is 530. The van der Waals surface area contributed by atoms with Gasteiger partial charge in [-0.2, -0.15) is 0 Å². The van der Waals surface area contributed by atoms with E-state index in [2.05, 4.69) is 16.7 Å². The number of rotatable bonds is 2. The summed E-state index contributed by atoms with van der Waals surface area (Å²) in [4.78, 5) is 26.0. The van der Waals surface area contributed by atoms with Crippen LogP contribution in [0, 0.1) is 0 Å². The Morgan fingerprint density at radius 1 is 1.30 bits per heavy atom. The van der Waals surface area contributed by atoms with Crippen LogP contribution in [-0.2, 0) is 16.0 Å². The van der Waals surface area contributed by atoms with Crippen LogP contribution < -0.4 is 15.5 Å². The highest BCUT2D eigenvalue weighted by Gasteiger charge is 2.28. The van der Waals surface area contributed by atoms with Gasteiger partial charge in [0.1, 0.15) is 0 Å². The lowest BCUT2D eigenvalue weighted by Gasteiger charge is -2.31. The van der Waals surface area contributed by atoms with E-state index in [0.29, 0.717) is 6.54 Å². The number of nitrogens with one attached hydrogen (secondary N) is 2. The van der Waals surface area contributed by atoms with Crippen LogP contribution in [0.15, 0.2) is 24.3 Å². The Morgan fingerprint density at radius 3 is 3.00 bits per heavy atom. The number of fused-ring (bicyclic) bond motifs is 1. The average Bonchev–Trinajstić information content (AvgIpc) is 2.49. The van der Waals surface area contributed by atoms with E-state index in [1.54, 1.807) is 0 Å². The molecule has 5 nitrogen and oxygen atoms in total. The molecule has 0 aliphatic carbocycles. The summed E-state index contributed by atoms with van der Waals surface area (Å²) in [5.74, 6) is -0.0541. The van der Waals surface area contributed by atoms with Crippen molar-refractivity contribution in [3.05, 3.63) is 29.8 Å². The summed E-state index contributed by atoms with van der Waals surface area (Å²) in [6.45, 7) is 2.10. The smallest absolute Gasteiger partial charge is 0.237 e. The van der Waals surface area contributed by atoms with Crippen LogP contribution in [0.5, 0.6) is 0 Å². The molecule has 1 aromatic carbocycles. The summed E-state index contributed by atoms with van der Waals surface area (Å²) < 4.78 is 0. The SMILES string of the molecule is O=C1NCCNC1CC(=O)N1CCCc2ccccc21. The third kappa shape index (κ3) is 2.54. The predicted octanol–water partition coefficient (Wildman–Crippen LogP) is 0.444. The first-order valence-electron chi connectivity index (χ1n) is 7.15. The summed E-state index contributed by atoms with van der Waals surface area (Å²) >= 11 is 0. The number of carbonyl (C=O) groups excluding carboxylic acids is 2. The van der Waals surface area contributed by atoms with Gasteiger partial charge in [0.25, 0.3) is 0 Å². The van der Waals surface area contributed by atoms with Gasteiger partial charge in [-0.25, -0.2) is 0 Å². The van der Waals surface area contributed by atoms with E-state index in [9.17, 15) is 9.59 Å². The minimum absolute atomic E-state index is 0.0201. The largest absolute Gasteiger partial charge is 0.353 e. The van der Waals surface area contributed by atoms with E-state index < -0.39 is 6.04 Å².